The highest BCUT2D eigenvalue weighted by molar-refractivity contribution is 5.83. The quantitative estimate of drug-likeness (QED) is 0.601. The average molecular weight is 186 g/mol. The molecule has 13 heavy (non-hydrogen) atoms. The molecule has 5 nitrogen and oxygen atoms in total. The minimum atomic E-state index is -0.971. The normalized spacial score (nSPS) is 21.5. The van der Waals surface area contributed by atoms with Gasteiger partial charge < -0.3 is 15.3 Å². The molecule has 1 heterocycles. The fourth-order valence-corrected chi connectivity index (χ4v) is 1.46. The Morgan fingerprint density at radius 3 is 2.77 bits per heavy atom. The van der Waals surface area contributed by atoms with E-state index in [0.717, 1.165) is 13.0 Å². The number of nitrogens with zero attached hydrogens (tertiary/aromatic N) is 1. The van der Waals surface area contributed by atoms with E-state index >= 15 is 0 Å². The molecule has 2 N–H and O–H groups in total. The molecule has 1 aliphatic rings. The molecular formula is C8H14N2O3. The molecule has 0 aromatic heterocycles. The molecule has 1 amide bonds. The van der Waals surface area contributed by atoms with Crippen LogP contribution in [0.2, 0.25) is 0 Å². The zero-order chi connectivity index (χ0) is 9.84. The molecule has 0 aliphatic carbocycles. The lowest BCUT2D eigenvalue weighted by atomic mass is 10.1. The molecule has 1 rings (SSSR count). The van der Waals surface area contributed by atoms with Gasteiger partial charge in [-0.15, -0.1) is 0 Å². The third-order valence-corrected chi connectivity index (χ3v) is 2.16. The van der Waals surface area contributed by atoms with Crippen LogP contribution in [0.1, 0.15) is 6.42 Å². The van der Waals surface area contributed by atoms with Crippen LogP contribution in [-0.2, 0) is 9.59 Å². The van der Waals surface area contributed by atoms with E-state index in [4.69, 9.17) is 5.11 Å². The van der Waals surface area contributed by atoms with Crippen LogP contribution in [0.15, 0.2) is 0 Å². The van der Waals surface area contributed by atoms with Gasteiger partial charge in [-0.05, 0) is 13.0 Å². The van der Waals surface area contributed by atoms with Crippen LogP contribution in [0.25, 0.3) is 0 Å². The Balaban J connectivity index is 2.41. The second kappa shape index (κ2) is 4.23. The summed E-state index contributed by atoms with van der Waals surface area (Å²) in [6.07, 6.45) is 0.808. The van der Waals surface area contributed by atoms with Crippen molar-refractivity contribution in [2.45, 2.75) is 6.42 Å². The van der Waals surface area contributed by atoms with Crippen molar-refractivity contribution in [2.24, 2.45) is 5.92 Å². The first-order chi connectivity index (χ1) is 6.11. The van der Waals surface area contributed by atoms with Gasteiger partial charge in [-0.25, -0.2) is 0 Å². The zero-order valence-electron chi connectivity index (χ0n) is 7.62. The summed E-state index contributed by atoms with van der Waals surface area (Å²) in [5.41, 5.74) is 0. The number of hydrogen-bond acceptors (Lipinski definition) is 3. The third kappa shape index (κ3) is 2.69. The van der Waals surface area contributed by atoms with E-state index in [1.807, 2.05) is 0 Å². The molecule has 1 unspecified atom stereocenters. The summed E-state index contributed by atoms with van der Waals surface area (Å²) in [6, 6.07) is 0. The molecule has 74 valence electrons. The Kier molecular flexibility index (Phi) is 3.25. The minimum absolute atomic E-state index is 0.0376. The number of carboxylic acid groups (broad SMARTS) is 1. The number of rotatable bonds is 3. The number of amides is 1. The molecule has 0 aromatic carbocycles. The van der Waals surface area contributed by atoms with Crippen LogP contribution in [0.4, 0.5) is 0 Å². The predicted molar refractivity (Wildman–Crippen MR) is 46.2 cm³/mol. The molecule has 1 saturated heterocycles. The maximum Gasteiger partial charge on any atom is 0.323 e. The number of carbonyl (C=O) groups excluding carboxylic acids is 1. The van der Waals surface area contributed by atoms with Gasteiger partial charge in [0.05, 0.1) is 5.92 Å². The standard InChI is InChI=1S/C8H14N2O3/c1-10(5-7(11)12)8(13)6-2-3-9-4-6/h6,9H,2-5H2,1H3,(H,11,12). The van der Waals surface area contributed by atoms with Crippen molar-refractivity contribution < 1.29 is 14.7 Å². The fourth-order valence-electron chi connectivity index (χ4n) is 1.46. The number of carbonyl (C=O) groups is 2. The summed E-state index contributed by atoms with van der Waals surface area (Å²) >= 11 is 0. The first kappa shape index (κ1) is 9.98. The first-order valence-electron chi connectivity index (χ1n) is 4.28. The largest absolute Gasteiger partial charge is 0.480 e. The Morgan fingerprint density at radius 1 is 1.62 bits per heavy atom. The van der Waals surface area contributed by atoms with Gasteiger partial charge in [0.1, 0.15) is 6.54 Å². The van der Waals surface area contributed by atoms with Gasteiger partial charge in [-0.3, -0.25) is 9.59 Å². The van der Waals surface area contributed by atoms with Crippen molar-refractivity contribution in [2.75, 3.05) is 26.7 Å². The lowest BCUT2D eigenvalue weighted by molar-refractivity contribution is -0.144. The molecule has 1 atom stereocenters. The van der Waals surface area contributed by atoms with Crippen molar-refractivity contribution in [3.8, 4) is 0 Å². The summed E-state index contributed by atoms with van der Waals surface area (Å²) in [5.74, 6) is -1.08. The van der Waals surface area contributed by atoms with E-state index < -0.39 is 5.97 Å². The van der Waals surface area contributed by atoms with Crippen LogP contribution in [0.5, 0.6) is 0 Å². The van der Waals surface area contributed by atoms with Crippen LogP contribution in [-0.4, -0.2) is 48.6 Å². The van der Waals surface area contributed by atoms with Crippen molar-refractivity contribution in [3.63, 3.8) is 0 Å². The average Bonchev–Trinajstić information content (AvgIpc) is 2.53. The molecule has 0 radical (unpaired) electrons. The summed E-state index contributed by atoms with van der Waals surface area (Å²) in [5, 5.41) is 11.5. The maximum atomic E-state index is 11.5. The summed E-state index contributed by atoms with van der Waals surface area (Å²) in [7, 11) is 1.52. The molecule has 0 saturated carbocycles. The van der Waals surface area contributed by atoms with Crippen LogP contribution >= 0.6 is 0 Å². The lowest BCUT2D eigenvalue weighted by Gasteiger charge is -2.18. The van der Waals surface area contributed by atoms with Gasteiger partial charge in [0.2, 0.25) is 5.91 Å². The molecule has 0 bridgehead atoms. The second-order valence-corrected chi connectivity index (χ2v) is 3.28. The van der Waals surface area contributed by atoms with E-state index in [1.54, 1.807) is 0 Å². The van der Waals surface area contributed by atoms with Crippen LogP contribution < -0.4 is 5.32 Å². The number of aliphatic carboxylic acids is 1. The Morgan fingerprint density at radius 2 is 2.31 bits per heavy atom. The van der Waals surface area contributed by atoms with Gasteiger partial charge in [0, 0.05) is 13.6 Å². The lowest BCUT2D eigenvalue weighted by Crippen LogP contribution is -2.37. The van der Waals surface area contributed by atoms with E-state index in [2.05, 4.69) is 5.32 Å². The van der Waals surface area contributed by atoms with Crippen molar-refractivity contribution in [1.82, 2.24) is 10.2 Å². The number of likely N-dealkylation sites (N-methyl/N-ethyl adjacent to an activating group) is 1. The minimum Gasteiger partial charge on any atom is -0.480 e. The first-order valence-corrected chi connectivity index (χ1v) is 4.28. The third-order valence-electron chi connectivity index (χ3n) is 2.16. The van der Waals surface area contributed by atoms with Gasteiger partial charge in [0.25, 0.3) is 0 Å². The molecule has 1 fully saturated rings. The number of nitrogens with one attached hydrogen (secondary N) is 1. The fraction of sp³-hybridized carbons (Fsp3) is 0.750. The van der Waals surface area contributed by atoms with Gasteiger partial charge in [0.15, 0.2) is 0 Å². The molecule has 1 aliphatic heterocycles. The van der Waals surface area contributed by atoms with Gasteiger partial charge in [-0.2, -0.15) is 0 Å². The topological polar surface area (TPSA) is 69.6 Å². The Labute approximate surface area is 76.7 Å². The van der Waals surface area contributed by atoms with E-state index in [-0.39, 0.29) is 18.4 Å². The van der Waals surface area contributed by atoms with Crippen LogP contribution in [0.3, 0.4) is 0 Å². The van der Waals surface area contributed by atoms with Gasteiger partial charge in [-0.1, -0.05) is 0 Å². The SMILES string of the molecule is CN(CC(=O)O)C(=O)C1CCNC1. The van der Waals surface area contributed by atoms with E-state index in [9.17, 15) is 9.59 Å². The van der Waals surface area contributed by atoms with Crippen LogP contribution in [0, 0.1) is 5.92 Å². The monoisotopic (exact) mass is 186 g/mol. The highest BCUT2D eigenvalue weighted by Crippen LogP contribution is 2.10. The highest BCUT2D eigenvalue weighted by Gasteiger charge is 2.25. The summed E-state index contributed by atoms with van der Waals surface area (Å²) < 4.78 is 0. The Hall–Kier alpha value is -1.10. The predicted octanol–water partition coefficient (Wildman–Crippen LogP) is -0.861. The zero-order valence-corrected chi connectivity index (χ0v) is 7.62. The van der Waals surface area contributed by atoms with Crippen molar-refractivity contribution >= 4 is 11.9 Å². The molecule has 0 spiro atoms. The number of carboxylic acids is 1. The van der Waals surface area contributed by atoms with Crippen molar-refractivity contribution in [3.05, 3.63) is 0 Å². The molecule has 5 heteroatoms. The van der Waals surface area contributed by atoms with E-state index in [0.29, 0.717) is 6.54 Å². The smallest absolute Gasteiger partial charge is 0.323 e. The second-order valence-electron chi connectivity index (χ2n) is 3.28. The highest BCUT2D eigenvalue weighted by atomic mass is 16.4. The summed E-state index contributed by atoms with van der Waals surface area (Å²) in [6.45, 7) is 1.30. The van der Waals surface area contributed by atoms with E-state index in [1.165, 1.54) is 11.9 Å². The molecule has 0 aromatic rings. The summed E-state index contributed by atoms with van der Waals surface area (Å²) in [4.78, 5) is 23.1. The molecular weight excluding hydrogens is 172 g/mol. The maximum absolute atomic E-state index is 11.5. The Bertz CT molecular complexity index is 211. The van der Waals surface area contributed by atoms with Crippen molar-refractivity contribution in [1.29, 1.82) is 0 Å². The van der Waals surface area contributed by atoms with Gasteiger partial charge >= 0.3 is 5.97 Å². The number of hydrogen-bond donors (Lipinski definition) is 2.